The molecule has 0 N–H and O–H groups in total. The molecule has 0 amide bonds. The molecule has 1 heterocycles. The molecule has 0 fully saturated rings. The van der Waals surface area contributed by atoms with E-state index < -0.39 is 5.82 Å². The molecule has 0 atom stereocenters. The monoisotopic (exact) mass is 301 g/mol. The van der Waals surface area contributed by atoms with Crippen LogP contribution in [0.4, 0.5) is 4.39 Å². The zero-order valence-electron chi connectivity index (χ0n) is 10.7. The van der Waals surface area contributed by atoms with E-state index in [1.54, 1.807) is 30.5 Å². The lowest BCUT2D eigenvalue weighted by Crippen LogP contribution is -1.95. The van der Waals surface area contributed by atoms with Gasteiger partial charge in [-0.3, -0.25) is 9.78 Å². The van der Waals surface area contributed by atoms with Crippen LogP contribution in [-0.4, -0.2) is 11.3 Å². The third-order valence-corrected chi connectivity index (χ3v) is 3.35. The second kappa shape index (κ2) is 5.50. The second-order valence-electron chi connectivity index (χ2n) is 4.32. The van der Waals surface area contributed by atoms with E-state index in [0.717, 1.165) is 0 Å². The molecule has 2 aromatic carbocycles. The molecule has 0 aliphatic heterocycles. The van der Waals surface area contributed by atoms with Crippen LogP contribution in [0.15, 0.2) is 48.7 Å². The topological polar surface area (TPSA) is 39.2 Å². The van der Waals surface area contributed by atoms with Crippen molar-refractivity contribution in [2.75, 3.05) is 0 Å². The van der Waals surface area contributed by atoms with E-state index in [9.17, 15) is 9.18 Å². The van der Waals surface area contributed by atoms with Crippen LogP contribution in [0, 0.1) is 5.82 Å². The fourth-order valence-corrected chi connectivity index (χ4v) is 2.25. The van der Waals surface area contributed by atoms with Crippen LogP contribution in [0.5, 0.6) is 11.5 Å². The summed E-state index contributed by atoms with van der Waals surface area (Å²) in [4.78, 5) is 15.2. The second-order valence-corrected chi connectivity index (χ2v) is 4.73. The van der Waals surface area contributed by atoms with E-state index in [-0.39, 0.29) is 11.3 Å². The van der Waals surface area contributed by atoms with Crippen molar-refractivity contribution in [3.05, 3.63) is 65.1 Å². The first kappa shape index (κ1) is 13.5. The fourth-order valence-electron chi connectivity index (χ4n) is 2.03. The van der Waals surface area contributed by atoms with Gasteiger partial charge in [0.1, 0.15) is 5.52 Å². The molecule has 0 spiro atoms. The van der Waals surface area contributed by atoms with Crippen LogP contribution in [0.25, 0.3) is 10.9 Å². The van der Waals surface area contributed by atoms with E-state index in [2.05, 4.69) is 4.98 Å². The highest BCUT2D eigenvalue weighted by molar-refractivity contribution is 6.35. The summed E-state index contributed by atoms with van der Waals surface area (Å²) in [6.45, 7) is 0. The Kier molecular flexibility index (Phi) is 3.54. The molecule has 21 heavy (non-hydrogen) atoms. The van der Waals surface area contributed by atoms with Crippen molar-refractivity contribution >= 4 is 28.8 Å². The predicted octanol–water partition coefficient (Wildman–Crippen LogP) is 4.63. The molecule has 104 valence electrons. The van der Waals surface area contributed by atoms with Crippen LogP contribution in [0.3, 0.4) is 0 Å². The Bertz CT molecular complexity index is 836. The molecule has 0 aliphatic carbocycles. The maximum absolute atomic E-state index is 13.9. The quantitative estimate of drug-likeness (QED) is 0.662. The van der Waals surface area contributed by atoms with Gasteiger partial charge < -0.3 is 4.74 Å². The van der Waals surface area contributed by atoms with Crippen molar-refractivity contribution in [1.29, 1.82) is 0 Å². The zero-order valence-corrected chi connectivity index (χ0v) is 11.5. The van der Waals surface area contributed by atoms with Gasteiger partial charge in [-0.15, -0.1) is 0 Å². The van der Waals surface area contributed by atoms with Gasteiger partial charge in [-0.25, -0.2) is 4.39 Å². The van der Waals surface area contributed by atoms with Gasteiger partial charge in [0.2, 0.25) is 0 Å². The molecule has 0 saturated heterocycles. The Morgan fingerprint density at radius 1 is 1.14 bits per heavy atom. The maximum atomic E-state index is 13.9. The molecule has 0 aliphatic rings. The van der Waals surface area contributed by atoms with Crippen molar-refractivity contribution in [2.45, 2.75) is 0 Å². The lowest BCUT2D eigenvalue weighted by atomic mass is 10.2. The van der Waals surface area contributed by atoms with Crippen LogP contribution < -0.4 is 4.74 Å². The summed E-state index contributed by atoms with van der Waals surface area (Å²) in [7, 11) is 0. The number of pyridine rings is 1. The third-order valence-electron chi connectivity index (χ3n) is 3.02. The van der Waals surface area contributed by atoms with Crippen LogP contribution in [0.2, 0.25) is 5.02 Å². The van der Waals surface area contributed by atoms with Crippen LogP contribution in [0.1, 0.15) is 10.4 Å². The van der Waals surface area contributed by atoms with Gasteiger partial charge in [0.25, 0.3) is 0 Å². The summed E-state index contributed by atoms with van der Waals surface area (Å²) in [5.74, 6) is -0.399. The average molecular weight is 302 g/mol. The van der Waals surface area contributed by atoms with Crippen molar-refractivity contribution in [2.24, 2.45) is 0 Å². The maximum Gasteiger partial charge on any atom is 0.173 e. The molecule has 0 unspecified atom stereocenters. The Hall–Kier alpha value is -2.46. The first-order chi connectivity index (χ1) is 10.2. The minimum atomic E-state index is -0.612. The van der Waals surface area contributed by atoms with Crippen molar-refractivity contribution in [3.63, 3.8) is 0 Å². The van der Waals surface area contributed by atoms with Gasteiger partial charge >= 0.3 is 0 Å². The molecule has 0 bridgehead atoms. The van der Waals surface area contributed by atoms with Gasteiger partial charge in [0.15, 0.2) is 23.6 Å². The molecule has 3 nitrogen and oxygen atoms in total. The molecule has 3 rings (SSSR count). The van der Waals surface area contributed by atoms with E-state index in [1.807, 2.05) is 0 Å². The number of rotatable bonds is 3. The normalized spacial score (nSPS) is 10.6. The van der Waals surface area contributed by atoms with E-state index in [1.165, 1.54) is 18.2 Å². The standard InChI is InChI=1S/C16H9ClFNO2/c17-12-6-7-14(15-11(12)4-2-8-19-15)21-16-10(9-20)3-1-5-13(16)18/h1-9H. The number of halogens is 2. The van der Waals surface area contributed by atoms with E-state index in [4.69, 9.17) is 16.3 Å². The average Bonchev–Trinajstić information content (AvgIpc) is 2.52. The molecule has 3 aromatic rings. The molecule has 0 radical (unpaired) electrons. The number of benzene rings is 2. The number of nitrogens with zero attached hydrogens (tertiary/aromatic N) is 1. The third kappa shape index (κ3) is 2.45. The lowest BCUT2D eigenvalue weighted by Gasteiger charge is -2.11. The van der Waals surface area contributed by atoms with Gasteiger partial charge in [-0.1, -0.05) is 17.7 Å². The number of hydrogen-bond acceptors (Lipinski definition) is 3. The Labute approximate surface area is 124 Å². The zero-order chi connectivity index (χ0) is 14.8. The van der Waals surface area contributed by atoms with E-state index in [0.29, 0.717) is 28.0 Å². The van der Waals surface area contributed by atoms with Crippen molar-refractivity contribution in [3.8, 4) is 11.5 Å². The van der Waals surface area contributed by atoms with Crippen LogP contribution >= 0.6 is 11.6 Å². The molecule has 0 saturated carbocycles. The lowest BCUT2D eigenvalue weighted by molar-refractivity contribution is 0.112. The summed E-state index contributed by atoms with van der Waals surface area (Å²) in [6, 6.07) is 10.9. The minimum absolute atomic E-state index is 0.123. The molecular formula is C16H9ClFNO2. The van der Waals surface area contributed by atoms with E-state index >= 15 is 0 Å². The molecule has 5 heteroatoms. The molecule has 1 aromatic heterocycles. The number of aldehydes is 1. The number of para-hydroxylation sites is 1. The van der Waals surface area contributed by atoms with Crippen LogP contribution in [-0.2, 0) is 0 Å². The number of ether oxygens (including phenoxy) is 1. The van der Waals surface area contributed by atoms with Crippen molar-refractivity contribution < 1.29 is 13.9 Å². The SMILES string of the molecule is O=Cc1cccc(F)c1Oc1ccc(Cl)c2cccnc12. The van der Waals surface area contributed by atoms with Gasteiger partial charge in [-0.05, 0) is 36.4 Å². The summed E-state index contributed by atoms with van der Waals surface area (Å²) in [5, 5.41) is 1.22. The summed E-state index contributed by atoms with van der Waals surface area (Å²) < 4.78 is 19.4. The number of carbonyl (C=O) groups is 1. The predicted molar refractivity (Wildman–Crippen MR) is 78.6 cm³/mol. The summed E-state index contributed by atoms with van der Waals surface area (Å²) in [5.41, 5.74) is 0.638. The highest BCUT2D eigenvalue weighted by atomic mass is 35.5. The number of carbonyl (C=O) groups excluding carboxylic acids is 1. The van der Waals surface area contributed by atoms with Gasteiger partial charge in [0.05, 0.1) is 10.6 Å². The highest BCUT2D eigenvalue weighted by Crippen LogP contribution is 2.34. The summed E-state index contributed by atoms with van der Waals surface area (Å²) >= 11 is 6.10. The summed E-state index contributed by atoms with van der Waals surface area (Å²) in [6.07, 6.45) is 2.14. The number of aromatic nitrogens is 1. The molecular weight excluding hydrogens is 293 g/mol. The minimum Gasteiger partial charge on any atom is -0.451 e. The smallest absolute Gasteiger partial charge is 0.173 e. The highest BCUT2D eigenvalue weighted by Gasteiger charge is 2.13. The largest absolute Gasteiger partial charge is 0.451 e. The Morgan fingerprint density at radius 2 is 2.00 bits per heavy atom. The Balaban J connectivity index is 2.16. The fraction of sp³-hybridized carbons (Fsp3) is 0. The van der Waals surface area contributed by atoms with Gasteiger partial charge in [-0.2, -0.15) is 0 Å². The number of fused-ring (bicyclic) bond motifs is 1. The first-order valence-electron chi connectivity index (χ1n) is 6.15. The Morgan fingerprint density at radius 3 is 2.81 bits per heavy atom. The number of hydrogen-bond donors (Lipinski definition) is 0. The van der Waals surface area contributed by atoms with Crippen molar-refractivity contribution in [1.82, 2.24) is 4.98 Å². The van der Waals surface area contributed by atoms with Gasteiger partial charge in [0, 0.05) is 11.6 Å². The first-order valence-corrected chi connectivity index (χ1v) is 6.53.